The van der Waals surface area contributed by atoms with Crippen LogP contribution in [0.4, 0.5) is 0 Å². The van der Waals surface area contributed by atoms with E-state index < -0.39 is 0 Å². The van der Waals surface area contributed by atoms with E-state index in [0.717, 1.165) is 13.0 Å². The molecule has 0 bridgehead atoms. The average molecular weight is 312 g/mol. The second-order valence-electron chi connectivity index (χ2n) is 6.08. The predicted octanol–water partition coefficient (Wildman–Crippen LogP) is 5.12. The van der Waals surface area contributed by atoms with Gasteiger partial charge < -0.3 is 9.55 Å². The maximum atomic E-state index is 3.42. The van der Waals surface area contributed by atoms with Crippen LogP contribution in [0.2, 0.25) is 0 Å². The predicted molar refractivity (Wildman–Crippen MR) is 99.0 cm³/mol. The van der Waals surface area contributed by atoms with Gasteiger partial charge in [0.25, 0.3) is 0 Å². The topological polar surface area (TPSA) is 20.7 Å². The Hall–Kier alpha value is -3.00. The molecule has 0 unspecified atom stereocenters. The summed E-state index contributed by atoms with van der Waals surface area (Å²) in [7, 11) is 0. The van der Waals surface area contributed by atoms with E-state index in [4.69, 9.17) is 0 Å². The molecular weight excluding hydrogens is 292 g/mol. The van der Waals surface area contributed by atoms with Crippen molar-refractivity contribution in [1.29, 1.82) is 0 Å². The van der Waals surface area contributed by atoms with Gasteiger partial charge in [-0.1, -0.05) is 60.7 Å². The third-order valence-corrected chi connectivity index (χ3v) is 4.30. The Labute approximate surface area is 142 Å². The Balaban J connectivity index is 1.56. The van der Waals surface area contributed by atoms with Crippen molar-refractivity contribution in [3.63, 3.8) is 0 Å². The zero-order valence-corrected chi connectivity index (χ0v) is 13.5. The molecule has 24 heavy (non-hydrogen) atoms. The van der Waals surface area contributed by atoms with Crippen molar-refractivity contribution >= 4 is 0 Å². The van der Waals surface area contributed by atoms with Gasteiger partial charge in [-0.15, -0.1) is 0 Å². The van der Waals surface area contributed by atoms with Crippen LogP contribution in [-0.2, 0) is 13.0 Å². The fourth-order valence-electron chi connectivity index (χ4n) is 3.10. The van der Waals surface area contributed by atoms with Crippen molar-refractivity contribution in [2.24, 2.45) is 0 Å². The summed E-state index contributed by atoms with van der Waals surface area (Å²) in [5, 5.41) is 0. The molecular formula is C22H20N2. The highest BCUT2D eigenvalue weighted by Gasteiger charge is 2.07. The number of nitrogens with zero attached hydrogens (tertiary/aromatic N) is 1. The first-order valence-corrected chi connectivity index (χ1v) is 8.29. The van der Waals surface area contributed by atoms with E-state index in [1.54, 1.807) is 0 Å². The molecule has 1 N–H and O–H groups in total. The molecule has 118 valence electrons. The molecule has 0 aliphatic heterocycles. The van der Waals surface area contributed by atoms with E-state index >= 15 is 0 Å². The summed E-state index contributed by atoms with van der Waals surface area (Å²) in [5.41, 5.74) is 6.36. The molecule has 0 fully saturated rings. The van der Waals surface area contributed by atoms with Crippen LogP contribution in [-0.4, -0.2) is 9.55 Å². The van der Waals surface area contributed by atoms with Crippen LogP contribution in [0.3, 0.4) is 0 Å². The maximum absolute atomic E-state index is 3.42. The summed E-state index contributed by atoms with van der Waals surface area (Å²) in [6.45, 7) is 0.891. The van der Waals surface area contributed by atoms with E-state index in [9.17, 15) is 0 Å². The second kappa shape index (κ2) is 6.63. The van der Waals surface area contributed by atoms with Crippen molar-refractivity contribution in [1.82, 2.24) is 9.55 Å². The number of aromatic nitrogens is 2. The first-order valence-electron chi connectivity index (χ1n) is 8.29. The molecule has 0 saturated carbocycles. The van der Waals surface area contributed by atoms with Crippen LogP contribution in [0.1, 0.15) is 16.8 Å². The number of rotatable bonds is 5. The van der Waals surface area contributed by atoms with Gasteiger partial charge in [0.1, 0.15) is 0 Å². The SMILES string of the molecule is c1ccc(Cc2cc(-c3cccn3Cc3ccccc3)c[nH]2)cc1. The minimum atomic E-state index is 0.891. The fourth-order valence-corrected chi connectivity index (χ4v) is 3.10. The van der Waals surface area contributed by atoms with Crippen molar-refractivity contribution in [2.75, 3.05) is 0 Å². The molecule has 0 spiro atoms. The van der Waals surface area contributed by atoms with Crippen LogP contribution in [0.5, 0.6) is 0 Å². The zero-order valence-electron chi connectivity index (χ0n) is 13.5. The van der Waals surface area contributed by atoms with E-state index in [1.165, 1.54) is 28.1 Å². The Kier molecular flexibility index (Phi) is 4.03. The number of aromatic amines is 1. The molecule has 4 aromatic rings. The Morgan fingerprint density at radius 1 is 0.750 bits per heavy atom. The van der Waals surface area contributed by atoms with Crippen molar-refractivity contribution in [3.05, 3.63) is 108 Å². The molecule has 0 saturated heterocycles. The highest BCUT2D eigenvalue weighted by Crippen LogP contribution is 2.23. The van der Waals surface area contributed by atoms with Gasteiger partial charge in [0.15, 0.2) is 0 Å². The summed E-state index contributed by atoms with van der Waals surface area (Å²) < 4.78 is 2.30. The Morgan fingerprint density at radius 3 is 2.21 bits per heavy atom. The summed E-state index contributed by atoms with van der Waals surface area (Å²) in [4.78, 5) is 3.42. The average Bonchev–Trinajstić information content (AvgIpc) is 3.26. The van der Waals surface area contributed by atoms with Crippen LogP contribution < -0.4 is 0 Å². The van der Waals surface area contributed by atoms with E-state index in [0.29, 0.717) is 0 Å². The van der Waals surface area contributed by atoms with Gasteiger partial charge in [0.2, 0.25) is 0 Å². The third kappa shape index (κ3) is 3.18. The minimum absolute atomic E-state index is 0.891. The van der Waals surface area contributed by atoms with Gasteiger partial charge in [-0.25, -0.2) is 0 Å². The molecule has 2 heteroatoms. The maximum Gasteiger partial charge on any atom is 0.0498 e. The van der Waals surface area contributed by atoms with Crippen LogP contribution in [0.15, 0.2) is 91.3 Å². The summed E-state index contributed by atoms with van der Waals surface area (Å²) in [5.74, 6) is 0. The molecule has 2 aromatic carbocycles. The van der Waals surface area contributed by atoms with Crippen molar-refractivity contribution < 1.29 is 0 Å². The van der Waals surface area contributed by atoms with Gasteiger partial charge in [0, 0.05) is 42.3 Å². The minimum Gasteiger partial charge on any atom is -0.364 e. The molecule has 2 nitrogen and oxygen atoms in total. The number of H-pyrrole nitrogens is 1. The quantitative estimate of drug-likeness (QED) is 0.528. The van der Waals surface area contributed by atoms with Gasteiger partial charge in [0.05, 0.1) is 0 Å². The monoisotopic (exact) mass is 312 g/mol. The Morgan fingerprint density at radius 2 is 1.46 bits per heavy atom. The van der Waals surface area contributed by atoms with Gasteiger partial charge in [-0.05, 0) is 29.3 Å². The molecule has 4 rings (SSSR count). The lowest BCUT2D eigenvalue weighted by molar-refractivity contribution is 0.814. The Bertz CT molecular complexity index is 901. The number of benzene rings is 2. The van der Waals surface area contributed by atoms with Gasteiger partial charge >= 0.3 is 0 Å². The molecule has 2 heterocycles. The molecule has 0 aliphatic rings. The highest BCUT2D eigenvalue weighted by atomic mass is 15.0. The lowest BCUT2D eigenvalue weighted by Crippen LogP contribution is -1.99. The normalized spacial score (nSPS) is 10.8. The highest BCUT2D eigenvalue weighted by molar-refractivity contribution is 5.60. The van der Waals surface area contributed by atoms with Crippen molar-refractivity contribution in [2.45, 2.75) is 13.0 Å². The number of hydrogen-bond acceptors (Lipinski definition) is 0. The second-order valence-corrected chi connectivity index (χ2v) is 6.08. The number of hydrogen-bond donors (Lipinski definition) is 1. The van der Waals surface area contributed by atoms with E-state index in [2.05, 4.69) is 101 Å². The van der Waals surface area contributed by atoms with Crippen molar-refractivity contribution in [3.8, 4) is 11.3 Å². The first-order chi connectivity index (χ1) is 11.9. The van der Waals surface area contributed by atoms with Gasteiger partial charge in [-0.3, -0.25) is 0 Å². The largest absolute Gasteiger partial charge is 0.364 e. The molecule has 2 aromatic heterocycles. The van der Waals surface area contributed by atoms with Crippen LogP contribution in [0, 0.1) is 0 Å². The lowest BCUT2D eigenvalue weighted by Gasteiger charge is -2.08. The zero-order chi connectivity index (χ0) is 16.2. The fraction of sp³-hybridized carbons (Fsp3) is 0.0909. The lowest BCUT2D eigenvalue weighted by atomic mass is 10.1. The summed E-state index contributed by atoms with van der Waals surface area (Å²) in [6.07, 6.45) is 5.18. The van der Waals surface area contributed by atoms with Crippen LogP contribution in [0.25, 0.3) is 11.3 Å². The van der Waals surface area contributed by atoms with E-state index in [1.807, 2.05) is 0 Å². The molecule has 0 amide bonds. The summed E-state index contributed by atoms with van der Waals surface area (Å²) in [6, 6.07) is 27.7. The first kappa shape index (κ1) is 14.6. The molecule has 0 aliphatic carbocycles. The standard InChI is InChI=1S/C22H20N2/c1-3-8-18(9-4-1)14-21-15-20(16-23-21)22-12-7-13-24(22)17-19-10-5-2-6-11-19/h1-13,15-16,23H,14,17H2. The third-order valence-electron chi connectivity index (χ3n) is 4.30. The summed E-state index contributed by atoms with van der Waals surface area (Å²) >= 11 is 0. The van der Waals surface area contributed by atoms with Gasteiger partial charge in [-0.2, -0.15) is 0 Å². The van der Waals surface area contributed by atoms with E-state index in [-0.39, 0.29) is 0 Å². The molecule has 0 radical (unpaired) electrons. The smallest absolute Gasteiger partial charge is 0.0498 e. The van der Waals surface area contributed by atoms with Crippen LogP contribution >= 0.6 is 0 Å². The molecule has 0 atom stereocenters. The number of nitrogens with one attached hydrogen (secondary N) is 1.